The molecule has 0 saturated heterocycles. The molecule has 332 valence electrons. The molecule has 5 aliphatic rings. The van der Waals surface area contributed by atoms with E-state index in [2.05, 4.69) is 262 Å². The van der Waals surface area contributed by atoms with E-state index in [1.54, 1.807) is 0 Å². The molecule has 0 heterocycles. The quantitative estimate of drug-likeness (QED) is 0.164. The first-order valence-corrected chi connectivity index (χ1v) is 25.0. The molecule has 0 N–H and O–H groups in total. The minimum atomic E-state index is -0.472. The zero-order chi connectivity index (χ0) is 46.7. The van der Waals surface area contributed by atoms with Crippen molar-refractivity contribution in [2.75, 3.05) is 9.80 Å². The lowest BCUT2D eigenvalue weighted by molar-refractivity contribution is 0.660. The summed E-state index contributed by atoms with van der Waals surface area (Å²) in [7, 11) is 0. The molecule has 15 rings (SSSR count). The zero-order valence-corrected chi connectivity index (χ0v) is 39.8. The molecule has 1 unspecified atom stereocenters. The van der Waals surface area contributed by atoms with Gasteiger partial charge in [-0.15, -0.1) is 0 Å². The summed E-state index contributed by atoms with van der Waals surface area (Å²) in [6.45, 7) is 9.53. The van der Waals surface area contributed by atoms with Gasteiger partial charge in [0.1, 0.15) is 0 Å². The van der Waals surface area contributed by atoms with Crippen molar-refractivity contribution >= 4 is 28.4 Å². The summed E-state index contributed by atoms with van der Waals surface area (Å²) in [4.78, 5) is 5.11. The second kappa shape index (κ2) is 14.0. The van der Waals surface area contributed by atoms with Crippen LogP contribution >= 0.6 is 0 Å². The van der Waals surface area contributed by atoms with Gasteiger partial charge in [-0.1, -0.05) is 191 Å². The van der Waals surface area contributed by atoms with Crippen molar-refractivity contribution in [3.8, 4) is 44.5 Å². The Hall–Kier alpha value is -8.20. The predicted octanol–water partition coefficient (Wildman–Crippen LogP) is 17.4. The molecule has 0 amide bonds. The number of nitrogens with zero attached hydrogens (tertiary/aromatic N) is 2. The van der Waals surface area contributed by atoms with E-state index in [0.717, 1.165) is 17.1 Å². The molecule has 1 atom stereocenters. The average molecular weight is 895 g/mol. The summed E-state index contributed by atoms with van der Waals surface area (Å²) in [6.07, 6.45) is 0. The third-order valence-electron chi connectivity index (χ3n) is 17.0. The Morgan fingerprint density at radius 1 is 0.300 bits per heavy atom. The molecule has 2 nitrogen and oxygen atoms in total. The Morgan fingerprint density at radius 3 is 1.30 bits per heavy atom. The maximum absolute atomic E-state index is 2.62. The van der Waals surface area contributed by atoms with E-state index in [1.165, 1.54) is 112 Å². The summed E-state index contributed by atoms with van der Waals surface area (Å²) >= 11 is 0. The van der Waals surface area contributed by atoms with E-state index >= 15 is 0 Å². The smallest absolute Gasteiger partial charge is 0.0858 e. The number of hydrogen-bond donors (Lipinski definition) is 0. The molecular weight excluding hydrogens is 845 g/mol. The number of anilines is 5. The van der Waals surface area contributed by atoms with Crippen LogP contribution in [0, 0.1) is 0 Å². The Morgan fingerprint density at radius 2 is 0.714 bits per heavy atom. The van der Waals surface area contributed by atoms with Crippen LogP contribution < -0.4 is 9.80 Å². The highest BCUT2D eigenvalue weighted by molar-refractivity contribution is 6.00. The van der Waals surface area contributed by atoms with Crippen LogP contribution in [0.4, 0.5) is 28.4 Å². The van der Waals surface area contributed by atoms with E-state index in [0.29, 0.717) is 0 Å². The first-order chi connectivity index (χ1) is 34.3. The highest BCUT2D eigenvalue weighted by Gasteiger charge is 2.56. The fraction of sp³-hybridized carbons (Fsp3) is 0.118. The van der Waals surface area contributed by atoms with E-state index < -0.39 is 5.41 Å². The molecule has 70 heavy (non-hydrogen) atoms. The van der Waals surface area contributed by atoms with Crippen LogP contribution in [0.5, 0.6) is 0 Å². The number of fused-ring (bicyclic) bond motifs is 18. The van der Waals surface area contributed by atoms with Gasteiger partial charge in [0.25, 0.3) is 0 Å². The van der Waals surface area contributed by atoms with Crippen molar-refractivity contribution in [1.82, 2.24) is 0 Å². The number of hydrogen-bond acceptors (Lipinski definition) is 2. The molecule has 0 radical (unpaired) electrons. The van der Waals surface area contributed by atoms with Crippen molar-refractivity contribution in [3.05, 3.63) is 280 Å². The third-order valence-corrected chi connectivity index (χ3v) is 17.0. The maximum atomic E-state index is 2.62. The van der Waals surface area contributed by atoms with E-state index in [9.17, 15) is 0 Å². The SMILES string of the molecule is CC1(C)c2ccccc2-c2ccc(N(c3ccccc3)c3ccc4c(c3)-c3c(ccc5c3C5N(c3ccccc3)c3ccc5c(c3)C(C)(C)c3ccccc3-5)C43c4ccccc4-c4ccccc43)cc21. The molecule has 0 bridgehead atoms. The van der Waals surface area contributed by atoms with Crippen molar-refractivity contribution in [3.63, 3.8) is 0 Å². The Kier molecular flexibility index (Phi) is 7.93. The fourth-order valence-electron chi connectivity index (χ4n) is 13.9. The standard InChI is InChI=1S/C68H50N2/c1-66(2)55-27-15-11-23-47(55)51-34-31-45(40-61(51)66)69(42-19-7-5-8-20-42)44-33-37-59-54(39-44)63-60(68(59)57-29-17-13-25-49(57)50-26-14-18-30-58(50)68)38-36-53-64(63)65(53)70(43-21-9-6-10-22-43)46-32-35-52-48-24-12-16-28-56(48)67(3,4)62(52)41-46/h5-41,65H,1-4H3. The molecule has 10 aromatic rings. The Balaban J connectivity index is 0.956. The lowest BCUT2D eigenvalue weighted by atomic mass is 9.70. The van der Waals surface area contributed by atoms with Gasteiger partial charge in [-0.05, 0) is 161 Å². The van der Waals surface area contributed by atoms with Crippen molar-refractivity contribution in [2.45, 2.75) is 50.0 Å². The molecular formula is C68H50N2. The van der Waals surface area contributed by atoms with E-state index in [-0.39, 0.29) is 16.9 Å². The lowest BCUT2D eigenvalue weighted by Gasteiger charge is -2.31. The van der Waals surface area contributed by atoms with Crippen molar-refractivity contribution < 1.29 is 0 Å². The second-order valence-corrected chi connectivity index (χ2v) is 21.1. The summed E-state index contributed by atoms with van der Waals surface area (Å²) < 4.78 is 0. The molecule has 0 aromatic heterocycles. The molecule has 10 aromatic carbocycles. The van der Waals surface area contributed by atoms with Crippen LogP contribution in [0.25, 0.3) is 44.5 Å². The Labute approximate surface area is 410 Å². The van der Waals surface area contributed by atoms with Crippen LogP contribution in [0.3, 0.4) is 0 Å². The van der Waals surface area contributed by atoms with Crippen LogP contribution in [-0.2, 0) is 16.2 Å². The van der Waals surface area contributed by atoms with Gasteiger partial charge in [-0.25, -0.2) is 0 Å². The second-order valence-electron chi connectivity index (χ2n) is 21.1. The highest BCUT2D eigenvalue weighted by atomic mass is 15.2. The van der Waals surface area contributed by atoms with Crippen LogP contribution in [0.1, 0.15) is 89.4 Å². The van der Waals surface area contributed by atoms with Crippen LogP contribution in [-0.4, -0.2) is 0 Å². The summed E-state index contributed by atoms with van der Waals surface area (Å²) in [6, 6.07) is 85.1. The van der Waals surface area contributed by atoms with Gasteiger partial charge in [0, 0.05) is 39.3 Å². The summed E-state index contributed by atoms with van der Waals surface area (Å²) in [5.74, 6) is 0. The monoisotopic (exact) mass is 894 g/mol. The van der Waals surface area contributed by atoms with Gasteiger partial charge in [0.15, 0.2) is 0 Å². The van der Waals surface area contributed by atoms with Crippen molar-refractivity contribution in [2.24, 2.45) is 0 Å². The zero-order valence-electron chi connectivity index (χ0n) is 39.8. The third kappa shape index (κ3) is 5.08. The minimum absolute atomic E-state index is 0.0560. The molecule has 0 saturated carbocycles. The van der Waals surface area contributed by atoms with Gasteiger partial charge in [0.05, 0.1) is 11.5 Å². The van der Waals surface area contributed by atoms with Crippen LogP contribution in [0.15, 0.2) is 224 Å². The molecule has 5 aliphatic carbocycles. The fourth-order valence-corrected chi connectivity index (χ4v) is 13.9. The normalized spacial score (nSPS) is 16.5. The number of rotatable bonds is 6. The topological polar surface area (TPSA) is 6.48 Å². The first-order valence-electron chi connectivity index (χ1n) is 25.0. The minimum Gasteiger partial charge on any atom is -0.330 e. The predicted molar refractivity (Wildman–Crippen MR) is 289 cm³/mol. The van der Waals surface area contributed by atoms with Gasteiger partial charge < -0.3 is 9.80 Å². The maximum Gasteiger partial charge on any atom is 0.0858 e. The van der Waals surface area contributed by atoms with E-state index in [4.69, 9.17) is 0 Å². The van der Waals surface area contributed by atoms with Crippen LogP contribution in [0.2, 0.25) is 0 Å². The largest absolute Gasteiger partial charge is 0.330 e. The summed E-state index contributed by atoms with van der Waals surface area (Å²) in [5.41, 5.74) is 29.6. The summed E-state index contributed by atoms with van der Waals surface area (Å²) in [5, 5.41) is 0. The van der Waals surface area contributed by atoms with E-state index in [1.807, 2.05) is 0 Å². The van der Waals surface area contributed by atoms with Crippen molar-refractivity contribution in [1.29, 1.82) is 0 Å². The molecule has 2 heteroatoms. The highest BCUT2D eigenvalue weighted by Crippen LogP contribution is 2.68. The van der Waals surface area contributed by atoms with Gasteiger partial charge in [0.2, 0.25) is 0 Å². The van der Waals surface area contributed by atoms with Gasteiger partial charge >= 0.3 is 0 Å². The average Bonchev–Trinajstić information content (AvgIpc) is 3.72. The first kappa shape index (κ1) is 39.8. The molecule has 0 fully saturated rings. The number of para-hydroxylation sites is 2. The molecule has 0 aliphatic heterocycles. The molecule has 1 spiro atoms. The number of benzene rings is 10. The van der Waals surface area contributed by atoms with Gasteiger partial charge in [-0.3, -0.25) is 0 Å². The van der Waals surface area contributed by atoms with Gasteiger partial charge in [-0.2, -0.15) is 0 Å². The lowest BCUT2D eigenvalue weighted by Crippen LogP contribution is -2.25. The Bertz CT molecular complexity index is 3810.